The van der Waals surface area contributed by atoms with Gasteiger partial charge in [0.25, 0.3) is 0 Å². The van der Waals surface area contributed by atoms with Gasteiger partial charge in [0.05, 0.1) is 12.2 Å². The summed E-state index contributed by atoms with van der Waals surface area (Å²) in [7, 11) is 0. The molecule has 2 N–H and O–H groups in total. The number of hydrogen-bond donors (Lipinski definition) is 1. The topological polar surface area (TPSA) is 69.4 Å². The van der Waals surface area contributed by atoms with Gasteiger partial charge in [-0.25, -0.2) is 0 Å². The number of Topliss-reactive ketones (excluding diaryl/α,β-unsaturated/α-hetero) is 1. The molecule has 0 bridgehead atoms. The first-order valence-corrected chi connectivity index (χ1v) is 10.0. The van der Waals surface area contributed by atoms with Crippen molar-refractivity contribution >= 4 is 11.7 Å². The highest BCUT2D eigenvalue weighted by atomic mass is 16.5. The Morgan fingerprint density at radius 2 is 1.79 bits per heavy atom. The molecule has 0 aromatic heterocycles. The number of hydrogen-bond acceptors (Lipinski definition) is 3. The van der Waals surface area contributed by atoms with Crippen LogP contribution in [0.15, 0.2) is 42.5 Å². The smallest absolute Gasteiger partial charge is 0.220 e. The van der Waals surface area contributed by atoms with Crippen molar-refractivity contribution in [2.24, 2.45) is 11.7 Å². The highest BCUT2D eigenvalue weighted by molar-refractivity contribution is 5.97. The third-order valence-corrected chi connectivity index (χ3v) is 5.17. The number of primary amides is 1. The fraction of sp³-hybridized carbons (Fsp3) is 0.417. The lowest BCUT2D eigenvalue weighted by atomic mass is 9.89. The van der Waals surface area contributed by atoms with Crippen LogP contribution in [-0.2, 0) is 17.6 Å². The minimum atomic E-state index is -0.271. The molecule has 0 aliphatic heterocycles. The van der Waals surface area contributed by atoms with Gasteiger partial charge in [0, 0.05) is 5.92 Å². The van der Waals surface area contributed by atoms with Crippen molar-refractivity contribution in [3.8, 4) is 5.75 Å². The maximum atomic E-state index is 12.0. The highest BCUT2D eigenvalue weighted by Gasteiger charge is 2.20. The molecule has 2 aromatic rings. The Labute approximate surface area is 168 Å². The normalized spacial score (nSPS) is 11.8. The Balaban J connectivity index is 2.04. The number of nitrogens with two attached hydrogens (primary N) is 1. The van der Waals surface area contributed by atoms with Gasteiger partial charge in [0.1, 0.15) is 5.75 Å². The number of rotatable bonds is 11. The van der Waals surface area contributed by atoms with E-state index in [0.29, 0.717) is 24.3 Å². The second-order valence-corrected chi connectivity index (χ2v) is 7.25. The third kappa shape index (κ3) is 5.95. The van der Waals surface area contributed by atoms with E-state index in [1.807, 2.05) is 38.1 Å². The van der Waals surface area contributed by atoms with E-state index in [1.165, 1.54) is 12.5 Å². The van der Waals surface area contributed by atoms with Crippen LogP contribution in [-0.4, -0.2) is 18.3 Å². The average Bonchev–Trinajstić information content (AvgIpc) is 2.67. The predicted molar refractivity (Wildman–Crippen MR) is 113 cm³/mol. The molecule has 0 fully saturated rings. The molecule has 4 heteroatoms. The summed E-state index contributed by atoms with van der Waals surface area (Å²) in [6.07, 6.45) is 4.32. The number of carbonyl (C=O) groups is 2. The summed E-state index contributed by atoms with van der Waals surface area (Å²) in [5.41, 5.74) is 9.51. The van der Waals surface area contributed by atoms with Gasteiger partial charge in [-0.05, 0) is 69.2 Å². The van der Waals surface area contributed by atoms with Crippen molar-refractivity contribution in [1.29, 1.82) is 0 Å². The molecule has 28 heavy (non-hydrogen) atoms. The van der Waals surface area contributed by atoms with Crippen LogP contribution < -0.4 is 10.5 Å². The molecule has 4 nitrogen and oxygen atoms in total. The van der Waals surface area contributed by atoms with E-state index in [4.69, 9.17) is 10.5 Å². The zero-order chi connectivity index (χ0) is 20.5. The molecule has 0 radical (unpaired) electrons. The minimum absolute atomic E-state index is 0.0227. The number of ketones is 1. The zero-order valence-corrected chi connectivity index (χ0v) is 17.2. The van der Waals surface area contributed by atoms with Crippen LogP contribution in [0.2, 0.25) is 0 Å². The van der Waals surface area contributed by atoms with Crippen molar-refractivity contribution in [3.05, 3.63) is 64.7 Å². The maximum absolute atomic E-state index is 12.0. The molecule has 0 saturated carbocycles. The number of unbranched alkanes of at least 4 members (excludes halogenated alkanes) is 1. The van der Waals surface area contributed by atoms with Crippen LogP contribution in [0, 0.1) is 12.8 Å². The second-order valence-electron chi connectivity index (χ2n) is 7.25. The molecule has 1 amide bonds. The largest absolute Gasteiger partial charge is 0.493 e. The van der Waals surface area contributed by atoms with Crippen LogP contribution >= 0.6 is 0 Å². The Morgan fingerprint density at radius 3 is 2.39 bits per heavy atom. The molecule has 2 rings (SSSR count). The first-order valence-electron chi connectivity index (χ1n) is 10.0. The number of ether oxygens (including phenoxy) is 1. The number of amides is 1. The summed E-state index contributed by atoms with van der Waals surface area (Å²) in [5, 5.41) is 0. The monoisotopic (exact) mass is 381 g/mol. The molecular formula is C24H31NO3. The van der Waals surface area contributed by atoms with Gasteiger partial charge in [0.15, 0.2) is 5.78 Å². The maximum Gasteiger partial charge on any atom is 0.220 e. The van der Waals surface area contributed by atoms with Crippen molar-refractivity contribution < 1.29 is 14.3 Å². The molecule has 0 heterocycles. The summed E-state index contributed by atoms with van der Waals surface area (Å²) in [5.74, 6) is 0.116. The Morgan fingerprint density at radius 1 is 1.07 bits per heavy atom. The lowest BCUT2D eigenvalue weighted by Gasteiger charge is -2.18. The van der Waals surface area contributed by atoms with Crippen molar-refractivity contribution in [2.75, 3.05) is 6.61 Å². The first kappa shape index (κ1) is 21.7. The van der Waals surface area contributed by atoms with E-state index in [-0.39, 0.29) is 17.6 Å². The quantitative estimate of drug-likeness (QED) is 0.455. The fourth-order valence-corrected chi connectivity index (χ4v) is 3.54. The zero-order valence-electron chi connectivity index (χ0n) is 17.2. The Hall–Kier alpha value is -2.62. The number of benzene rings is 2. The van der Waals surface area contributed by atoms with Gasteiger partial charge in [-0.3, -0.25) is 9.59 Å². The number of carbonyl (C=O) groups excluding carboxylic acids is 2. The SMILES string of the molecule is CCOc1c(C(C)=O)ccc(CC(CCCCc2ccccc2)C(N)=O)c1C. The summed E-state index contributed by atoms with van der Waals surface area (Å²) in [6.45, 7) is 5.87. The summed E-state index contributed by atoms with van der Waals surface area (Å²) in [4.78, 5) is 23.9. The van der Waals surface area contributed by atoms with Crippen molar-refractivity contribution in [2.45, 2.75) is 52.9 Å². The molecule has 0 aliphatic rings. The minimum Gasteiger partial charge on any atom is -0.493 e. The van der Waals surface area contributed by atoms with E-state index in [1.54, 1.807) is 6.07 Å². The lowest BCUT2D eigenvalue weighted by molar-refractivity contribution is -0.122. The molecule has 1 atom stereocenters. The fourth-order valence-electron chi connectivity index (χ4n) is 3.54. The van der Waals surface area contributed by atoms with E-state index >= 15 is 0 Å². The molecule has 150 valence electrons. The Bertz CT molecular complexity index is 799. The molecule has 0 saturated heterocycles. The van der Waals surface area contributed by atoms with Gasteiger partial charge in [-0.15, -0.1) is 0 Å². The summed E-state index contributed by atoms with van der Waals surface area (Å²) >= 11 is 0. The molecule has 0 spiro atoms. The van der Waals surface area contributed by atoms with E-state index < -0.39 is 0 Å². The summed E-state index contributed by atoms with van der Waals surface area (Å²) < 4.78 is 5.72. The average molecular weight is 382 g/mol. The number of aryl methyl sites for hydroxylation is 1. The van der Waals surface area contributed by atoms with Gasteiger partial charge < -0.3 is 10.5 Å². The van der Waals surface area contributed by atoms with Crippen LogP contribution in [0.3, 0.4) is 0 Å². The molecule has 0 aliphatic carbocycles. The van der Waals surface area contributed by atoms with Crippen LogP contribution in [0.25, 0.3) is 0 Å². The van der Waals surface area contributed by atoms with Crippen molar-refractivity contribution in [1.82, 2.24) is 0 Å². The van der Waals surface area contributed by atoms with E-state index in [0.717, 1.165) is 36.8 Å². The first-order chi connectivity index (χ1) is 13.4. The van der Waals surface area contributed by atoms with Gasteiger partial charge in [-0.1, -0.05) is 42.8 Å². The van der Waals surface area contributed by atoms with Crippen LogP contribution in [0.1, 0.15) is 60.2 Å². The standard InChI is InChI=1S/C24H31NO3/c1-4-28-23-17(2)20(14-15-22(23)18(3)26)16-21(24(25)27)13-9-8-12-19-10-6-5-7-11-19/h5-7,10-11,14-15,21H,4,8-9,12-13,16H2,1-3H3,(H2,25,27). The van der Waals surface area contributed by atoms with Crippen LogP contribution in [0.4, 0.5) is 0 Å². The van der Waals surface area contributed by atoms with Crippen LogP contribution in [0.5, 0.6) is 5.75 Å². The third-order valence-electron chi connectivity index (χ3n) is 5.17. The molecule has 1 unspecified atom stereocenters. The summed E-state index contributed by atoms with van der Waals surface area (Å²) in [6, 6.07) is 14.1. The molecule has 2 aromatic carbocycles. The highest BCUT2D eigenvalue weighted by Crippen LogP contribution is 2.29. The van der Waals surface area contributed by atoms with Crippen molar-refractivity contribution in [3.63, 3.8) is 0 Å². The lowest BCUT2D eigenvalue weighted by Crippen LogP contribution is -2.25. The van der Waals surface area contributed by atoms with Gasteiger partial charge >= 0.3 is 0 Å². The second kappa shape index (κ2) is 10.6. The van der Waals surface area contributed by atoms with E-state index in [9.17, 15) is 9.59 Å². The van der Waals surface area contributed by atoms with Gasteiger partial charge in [0.2, 0.25) is 5.91 Å². The predicted octanol–water partition coefficient (Wildman–Crippen LogP) is 4.65. The van der Waals surface area contributed by atoms with E-state index in [2.05, 4.69) is 12.1 Å². The van der Waals surface area contributed by atoms with Gasteiger partial charge in [-0.2, -0.15) is 0 Å². The molecular weight excluding hydrogens is 350 g/mol. The Kier molecular flexibility index (Phi) is 8.24.